The van der Waals surface area contributed by atoms with E-state index in [1.807, 2.05) is 19.2 Å². The Bertz CT molecular complexity index is 408. The highest BCUT2D eigenvalue weighted by atomic mass is 79.9. The summed E-state index contributed by atoms with van der Waals surface area (Å²) in [4.78, 5) is 24.3. The van der Waals surface area contributed by atoms with Crippen molar-refractivity contribution in [2.45, 2.75) is 13.5 Å². The van der Waals surface area contributed by atoms with E-state index in [1.165, 1.54) is 11.8 Å². The molecule has 5 nitrogen and oxygen atoms in total. The van der Waals surface area contributed by atoms with Crippen LogP contribution in [0.4, 0.5) is 0 Å². The van der Waals surface area contributed by atoms with Gasteiger partial charge in [-0.25, -0.2) is 0 Å². The molecular formula is C10H15BrN3O2S+. The molecule has 0 aromatic carbocycles. The van der Waals surface area contributed by atoms with Gasteiger partial charge in [-0.15, -0.1) is 11.3 Å². The number of hydrogen-bond acceptors (Lipinski definition) is 3. The van der Waals surface area contributed by atoms with Crippen LogP contribution in [-0.4, -0.2) is 25.4 Å². The van der Waals surface area contributed by atoms with Gasteiger partial charge in [-0.1, -0.05) is 0 Å². The molecule has 0 bridgehead atoms. The maximum atomic E-state index is 11.4. The van der Waals surface area contributed by atoms with E-state index in [2.05, 4.69) is 26.8 Å². The van der Waals surface area contributed by atoms with Gasteiger partial charge in [0.05, 0.1) is 15.7 Å². The molecule has 1 heterocycles. The van der Waals surface area contributed by atoms with Crippen molar-refractivity contribution in [2.24, 2.45) is 0 Å². The Balaban J connectivity index is 2.31. The van der Waals surface area contributed by atoms with Crippen molar-refractivity contribution in [2.75, 3.05) is 13.6 Å². The minimum absolute atomic E-state index is 0.201. The van der Waals surface area contributed by atoms with E-state index in [1.54, 1.807) is 11.3 Å². The quantitative estimate of drug-likeness (QED) is 0.667. The highest BCUT2D eigenvalue weighted by Crippen LogP contribution is 2.20. The molecule has 0 saturated carbocycles. The summed E-state index contributed by atoms with van der Waals surface area (Å²) in [5, 5.41) is 0. The van der Waals surface area contributed by atoms with Gasteiger partial charge in [0.1, 0.15) is 6.54 Å². The largest absolute Gasteiger partial charge is 0.325 e. The lowest BCUT2D eigenvalue weighted by Crippen LogP contribution is -3.09. The molecule has 1 unspecified atom stereocenters. The molecule has 0 spiro atoms. The molecule has 2 amide bonds. The first kappa shape index (κ1) is 14.1. The first-order chi connectivity index (χ1) is 7.97. The molecule has 7 heteroatoms. The number of thiophene rings is 1. The Kier molecular flexibility index (Phi) is 5.60. The Morgan fingerprint density at radius 1 is 1.41 bits per heavy atom. The van der Waals surface area contributed by atoms with Gasteiger partial charge in [-0.05, 0) is 28.1 Å². The summed E-state index contributed by atoms with van der Waals surface area (Å²) in [6.07, 6.45) is 0. The van der Waals surface area contributed by atoms with Crippen LogP contribution in [0, 0.1) is 0 Å². The second-order valence-electron chi connectivity index (χ2n) is 3.75. The molecular weight excluding hydrogens is 306 g/mol. The summed E-state index contributed by atoms with van der Waals surface area (Å²) in [5.41, 5.74) is 4.60. The van der Waals surface area contributed by atoms with Gasteiger partial charge < -0.3 is 4.90 Å². The smallest absolute Gasteiger partial charge is 0.293 e. The van der Waals surface area contributed by atoms with Crippen molar-refractivity contribution in [1.82, 2.24) is 10.9 Å². The van der Waals surface area contributed by atoms with Crippen LogP contribution in [0.25, 0.3) is 0 Å². The summed E-state index contributed by atoms with van der Waals surface area (Å²) in [6, 6.07) is 4.02. The van der Waals surface area contributed by atoms with Gasteiger partial charge in [-0.3, -0.25) is 20.4 Å². The average Bonchev–Trinajstić information content (AvgIpc) is 2.60. The predicted octanol–water partition coefficient (Wildman–Crippen LogP) is -0.307. The van der Waals surface area contributed by atoms with Crippen molar-refractivity contribution < 1.29 is 14.5 Å². The first-order valence-electron chi connectivity index (χ1n) is 5.08. The number of halogens is 1. The van der Waals surface area contributed by atoms with Crippen LogP contribution in [0.15, 0.2) is 15.9 Å². The van der Waals surface area contributed by atoms with Crippen LogP contribution < -0.4 is 15.8 Å². The summed E-state index contributed by atoms with van der Waals surface area (Å²) in [6.45, 7) is 2.44. The van der Waals surface area contributed by atoms with Crippen molar-refractivity contribution in [3.05, 3.63) is 20.8 Å². The van der Waals surface area contributed by atoms with Gasteiger partial charge in [0.2, 0.25) is 5.91 Å². The Morgan fingerprint density at radius 2 is 2.12 bits per heavy atom. The van der Waals surface area contributed by atoms with Crippen LogP contribution in [-0.2, 0) is 16.1 Å². The SMILES string of the molecule is CC(=O)NNC(=O)C[NH+](C)Cc1ccc(Br)s1. The molecule has 1 rings (SSSR count). The zero-order chi connectivity index (χ0) is 12.8. The van der Waals surface area contributed by atoms with E-state index in [0.29, 0.717) is 6.54 Å². The van der Waals surface area contributed by atoms with E-state index in [4.69, 9.17) is 0 Å². The third kappa shape index (κ3) is 5.81. The summed E-state index contributed by atoms with van der Waals surface area (Å²) < 4.78 is 1.09. The van der Waals surface area contributed by atoms with Crippen molar-refractivity contribution >= 4 is 39.1 Å². The van der Waals surface area contributed by atoms with Crippen molar-refractivity contribution in [3.8, 4) is 0 Å². The molecule has 0 aliphatic rings. The molecule has 0 fully saturated rings. The number of carbonyl (C=O) groups excluding carboxylic acids is 2. The Hall–Kier alpha value is -0.920. The fourth-order valence-electron chi connectivity index (χ4n) is 1.28. The topological polar surface area (TPSA) is 62.6 Å². The minimum Gasteiger partial charge on any atom is -0.325 e. The van der Waals surface area contributed by atoms with E-state index in [0.717, 1.165) is 15.2 Å². The number of nitrogens with one attached hydrogen (secondary N) is 3. The highest BCUT2D eigenvalue weighted by molar-refractivity contribution is 9.11. The third-order valence-electron chi connectivity index (χ3n) is 1.95. The molecule has 0 aliphatic heterocycles. The first-order valence-corrected chi connectivity index (χ1v) is 6.69. The van der Waals surface area contributed by atoms with Gasteiger partial charge in [0, 0.05) is 6.92 Å². The normalized spacial score (nSPS) is 11.9. The van der Waals surface area contributed by atoms with Crippen molar-refractivity contribution in [3.63, 3.8) is 0 Å². The van der Waals surface area contributed by atoms with Crippen LogP contribution >= 0.6 is 27.3 Å². The van der Waals surface area contributed by atoms with Gasteiger partial charge in [0.15, 0.2) is 6.54 Å². The number of quaternary nitrogens is 1. The van der Waals surface area contributed by atoms with Gasteiger partial charge in [0.25, 0.3) is 5.91 Å². The monoisotopic (exact) mass is 320 g/mol. The second-order valence-corrected chi connectivity index (χ2v) is 6.29. The average molecular weight is 321 g/mol. The lowest BCUT2D eigenvalue weighted by Gasteiger charge is -2.12. The maximum absolute atomic E-state index is 11.4. The Labute approximate surface area is 112 Å². The number of hydrogen-bond donors (Lipinski definition) is 3. The Morgan fingerprint density at radius 3 is 2.65 bits per heavy atom. The molecule has 3 N–H and O–H groups in total. The van der Waals surface area contributed by atoms with E-state index in [9.17, 15) is 9.59 Å². The summed E-state index contributed by atoms with van der Waals surface area (Å²) in [5.74, 6) is -0.480. The molecule has 94 valence electrons. The standard InChI is InChI=1S/C10H14BrN3O2S/c1-7(15)12-13-10(16)6-14(2)5-8-3-4-9(11)17-8/h3-4H,5-6H2,1-2H3,(H,12,15)(H,13,16)/p+1. The molecule has 1 aromatic rings. The molecule has 0 aliphatic carbocycles. The van der Waals surface area contributed by atoms with E-state index < -0.39 is 0 Å². The van der Waals surface area contributed by atoms with Gasteiger partial charge in [-0.2, -0.15) is 0 Å². The number of rotatable bonds is 4. The predicted molar refractivity (Wildman–Crippen MR) is 69.4 cm³/mol. The highest BCUT2D eigenvalue weighted by Gasteiger charge is 2.11. The molecule has 0 radical (unpaired) electrons. The maximum Gasteiger partial charge on any atom is 0.293 e. The number of carbonyl (C=O) groups is 2. The van der Waals surface area contributed by atoms with Gasteiger partial charge >= 0.3 is 0 Å². The zero-order valence-corrected chi connectivity index (χ0v) is 12.1. The molecule has 17 heavy (non-hydrogen) atoms. The summed E-state index contributed by atoms with van der Waals surface area (Å²) in [7, 11) is 1.93. The lowest BCUT2D eigenvalue weighted by atomic mass is 10.4. The van der Waals surface area contributed by atoms with Crippen molar-refractivity contribution in [1.29, 1.82) is 0 Å². The molecule has 0 saturated heterocycles. The number of likely N-dealkylation sites (N-methyl/N-ethyl adjacent to an activating group) is 1. The van der Waals surface area contributed by atoms with E-state index >= 15 is 0 Å². The van der Waals surface area contributed by atoms with Crippen LogP contribution in [0.5, 0.6) is 0 Å². The molecule has 1 aromatic heterocycles. The minimum atomic E-state index is -0.279. The summed E-state index contributed by atoms with van der Waals surface area (Å²) >= 11 is 5.05. The third-order valence-corrected chi connectivity index (χ3v) is 3.57. The van der Waals surface area contributed by atoms with Crippen LogP contribution in [0.1, 0.15) is 11.8 Å². The zero-order valence-electron chi connectivity index (χ0n) is 9.67. The fourth-order valence-corrected chi connectivity index (χ4v) is 2.88. The van der Waals surface area contributed by atoms with Crippen LogP contribution in [0.3, 0.4) is 0 Å². The molecule has 1 atom stereocenters. The number of amides is 2. The van der Waals surface area contributed by atoms with E-state index in [-0.39, 0.29) is 11.8 Å². The second kappa shape index (κ2) is 6.73. The number of hydrazine groups is 1. The lowest BCUT2D eigenvalue weighted by molar-refractivity contribution is -0.885. The van der Waals surface area contributed by atoms with Crippen LogP contribution in [0.2, 0.25) is 0 Å². The fraction of sp³-hybridized carbons (Fsp3) is 0.400.